The zero-order chi connectivity index (χ0) is 24.9. The zero-order valence-corrected chi connectivity index (χ0v) is 22.4. The Bertz CT molecular complexity index is 819. The van der Waals surface area contributed by atoms with Gasteiger partial charge in [-0.2, -0.15) is 0 Å². The maximum Gasteiger partial charge on any atom is 0.305 e. The number of nitrogens with zero attached hydrogens (tertiary/aromatic N) is 1. The molecular weight excluding hydrogens is 412 g/mol. The van der Waals surface area contributed by atoms with E-state index in [-0.39, 0.29) is 11.9 Å². The minimum atomic E-state index is -0.153. The van der Waals surface area contributed by atoms with Gasteiger partial charge in [0.15, 0.2) is 0 Å². The van der Waals surface area contributed by atoms with Crippen LogP contribution >= 0.6 is 0 Å². The summed E-state index contributed by atoms with van der Waals surface area (Å²) in [6, 6.07) is 0.405. The third-order valence-corrected chi connectivity index (χ3v) is 8.54. The van der Waals surface area contributed by atoms with Crippen molar-refractivity contribution in [2.24, 2.45) is 17.8 Å². The van der Waals surface area contributed by atoms with E-state index in [1.807, 2.05) is 11.9 Å². The highest BCUT2D eigenvalue weighted by atomic mass is 16.5. The van der Waals surface area contributed by atoms with E-state index in [0.29, 0.717) is 43.2 Å². The third-order valence-electron chi connectivity index (χ3n) is 8.54. The number of carbonyl (C=O) groups is 2. The second-order valence-electron chi connectivity index (χ2n) is 10.4. The molecule has 0 spiro atoms. The van der Waals surface area contributed by atoms with Gasteiger partial charge in [0.25, 0.3) is 0 Å². The average molecular weight is 459 g/mol. The zero-order valence-electron chi connectivity index (χ0n) is 22.4. The van der Waals surface area contributed by atoms with Gasteiger partial charge in [0.05, 0.1) is 7.11 Å². The molecule has 0 radical (unpaired) electrons. The molecule has 1 aliphatic rings. The molecule has 186 valence electrons. The Kier molecular flexibility index (Phi) is 9.96. The van der Waals surface area contributed by atoms with Crippen molar-refractivity contribution in [2.45, 2.75) is 93.2 Å². The largest absolute Gasteiger partial charge is 0.469 e. The van der Waals surface area contributed by atoms with Crippen molar-refractivity contribution in [1.29, 1.82) is 0 Å². The molecule has 5 heteroatoms. The van der Waals surface area contributed by atoms with Gasteiger partial charge in [0, 0.05) is 32.5 Å². The predicted molar refractivity (Wildman–Crippen MR) is 135 cm³/mol. The van der Waals surface area contributed by atoms with E-state index in [1.165, 1.54) is 40.5 Å². The van der Waals surface area contributed by atoms with E-state index in [9.17, 15) is 9.59 Å². The molecule has 1 fully saturated rings. The van der Waals surface area contributed by atoms with Crippen LogP contribution in [0.25, 0.3) is 0 Å². The first-order valence-corrected chi connectivity index (χ1v) is 12.6. The van der Waals surface area contributed by atoms with Gasteiger partial charge in [-0.1, -0.05) is 13.8 Å². The standard InChI is InChI=1S/C28H46N2O3/c1-17-15-29-28(18(17)2)24(11-10-12-27(32)33-9)13-14-26(31)30(8)16-25-22(6)20(4)19(3)21(5)23(25)7/h17-18,24,28-29H,10-16H2,1-9H3/t17-,18-,24?,28+/m1/s1. The normalized spacial score (nSPS) is 21.2. The minimum absolute atomic E-state index is 0.153. The lowest BCUT2D eigenvalue weighted by Crippen LogP contribution is -2.36. The lowest BCUT2D eigenvalue weighted by molar-refractivity contribution is -0.140. The van der Waals surface area contributed by atoms with Crippen molar-refractivity contribution in [3.63, 3.8) is 0 Å². The van der Waals surface area contributed by atoms with Gasteiger partial charge in [-0.05, 0) is 112 Å². The lowest BCUT2D eigenvalue weighted by atomic mass is 9.81. The molecule has 0 aromatic heterocycles. The molecule has 1 unspecified atom stereocenters. The Morgan fingerprint density at radius 3 is 2.06 bits per heavy atom. The van der Waals surface area contributed by atoms with Crippen molar-refractivity contribution >= 4 is 11.9 Å². The van der Waals surface area contributed by atoms with Crippen LogP contribution in [0.15, 0.2) is 0 Å². The number of ether oxygens (including phenoxy) is 1. The molecule has 0 saturated carbocycles. The number of hydrogen-bond donors (Lipinski definition) is 1. The Hall–Kier alpha value is -1.88. The van der Waals surface area contributed by atoms with E-state index in [4.69, 9.17) is 4.74 Å². The van der Waals surface area contributed by atoms with Gasteiger partial charge >= 0.3 is 5.97 Å². The van der Waals surface area contributed by atoms with Crippen LogP contribution in [-0.2, 0) is 20.9 Å². The molecule has 2 rings (SSSR count). The molecule has 4 atom stereocenters. The molecule has 1 N–H and O–H groups in total. The van der Waals surface area contributed by atoms with Gasteiger partial charge in [0.1, 0.15) is 0 Å². The Balaban J connectivity index is 2.04. The van der Waals surface area contributed by atoms with Gasteiger partial charge in [-0.25, -0.2) is 0 Å². The summed E-state index contributed by atoms with van der Waals surface area (Å²) in [5.41, 5.74) is 7.89. The van der Waals surface area contributed by atoms with Crippen LogP contribution in [-0.4, -0.2) is 43.5 Å². The minimum Gasteiger partial charge on any atom is -0.469 e. The highest BCUT2D eigenvalue weighted by Gasteiger charge is 2.35. The van der Waals surface area contributed by atoms with Crippen molar-refractivity contribution in [3.8, 4) is 0 Å². The third kappa shape index (κ3) is 6.59. The number of rotatable bonds is 10. The van der Waals surface area contributed by atoms with Gasteiger partial charge in [0.2, 0.25) is 5.91 Å². The maximum absolute atomic E-state index is 13.1. The van der Waals surface area contributed by atoms with Gasteiger partial charge < -0.3 is 15.0 Å². The predicted octanol–water partition coefficient (Wildman–Crippen LogP) is 5.17. The second-order valence-corrected chi connectivity index (χ2v) is 10.4. The SMILES string of the molecule is COC(=O)CCCC(CCC(=O)N(C)Cc1c(C)c(C)c(C)c(C)c1C)[C@H]1NC[C@@H](C)[C@H]1C. The highest BCUT2D eigenvalue weighted by molar-refractivity contribution is 5.76. The second kappa shape index (κ2) is 12.0. The highest BCUT2D eigenvalue weighted by Crippen LogP contribution is 2.32. The molecule has 5 nitrogen and oxygen atoms in total. The Morgan fingerprint density at radius 1 is 0.970 bits per heavy atom. The molecular formula is C28H46N2O3. The topological polar surface area (TPSA) is 58.6 Å². The van der Waals surface area contributed by atoms with E-state index in [2.05, 4.69) is 53.8 Å². The summed E-state index contributed by atoms with van der Waals surface area (Å²) in [7, 11) is 3.37. The molecule has 0 aliphatic carbocycles. The fourth-order valence-electron chi connectivity index (χ4n) is 5.40. The average Bonchev–Trinajstić information content (AvgIpc) is 3.13. The molecule has 33 heavy (non-hydrogen) atoms. The summed E-state index contributed by atoms with van der Waals surface area (Å²) in [4.78, 5) is 26.6. The van der Waals surface area contributed by atoms with Crippen LogP contribution in [0.3, 0.4) is 0 Å². The van der Waals surface area contributed by atoms with Gasteiger partial charge in [-0.15, -0.1) is 0 Å². The van der Waals surface area contributed by atoms with E-state index < -0.39 is 0 Å². The summed E-state index contributed by atoms with van der Waals surface area (Å²) in [5.74, 6) is 1.64. The van der Waals surface area contributed by atoms with Crippen molar-refractivity contribution in [3.05, 3.63) is 33.4 Å². The summed E-state index contributed by atoms with van der Waals surface area (Å²) in [6.07, 6.45) is 3.59. The van der Waals surface area contributed by atoms with E-state index in [1.54, 1.807) is 0 Å². The quantitative estimate of drug-likeness (QED) is 0.491. The van der Waals surface area contributed by atoms with Crippen LogP contribution in [0.5, 0.6) is 0 Å². The maximum atomic E-state index is 13.1. The summed E-state index contributed by atoms with van der Waals surface area (Å²) >= 11 is 0. The van der Waals surface area contributed by atoms with Crippen molar-refractivity contribution in [1.82, 2.24) is 10.2 Å². The Morgan fingerprint density at radius 2 is 1.55 bits per heavy atom. The fourth-order valence-corrected chi connectivity index (χ4v) is 5.40. The first-order valence-electron chi connectivity index (χ1n) is 12.6. The number of esters is 1. The Labute approximate surface area is 201 Å². The number of methoxy groups -OCH3 is 1. The van der Waals surface area contributed by atoms with E-state index >= 15 is 0 Å². The fraction of sp³-hybridized carbons (Fsp3) is 0.714. The molecule has 1 aromatic carbocycles. The van der Waals surface area contributed by atoms with Crippen molar-refractivity contribution < 1.29 is 14.3 Å². The summed E-state index contributed by atoms with van der Waals surface area (Å²) in [5, 5.41) is 3.69. The lowest BCUT2D eigenvalue weighted by Gasteiger charge is -2.29. The first kappa shape index (κ1) is 27.4. The molecule has 1 aliphatic heterocycles. The summed E-state index contributed by atoms with van der Waals surface area (Å²) in [6.45, 7) is 17.2. The van der Waals surface area contributed by atoms with Crippen LogP contribution in [0, 0.1) is 52.4 Å². The van der Waals surface area contributed by atoms with E-state index in [0.717, 1.165) is 25.8 Å². The number of nitrogens with one attached hydrogen (secondary N) is 1. The molecule has 1 saturated heterocycles. The monoisotopic (exact) mass is 458 g/mol. The first-order chi connectivity index (χ1) is 15.5. The van der Waals surface area contributed by atoms with Gasteiger partial charge in [-0.3, -0.25) is 9.59 Å². The van der Waals surface area contributed by atoms with Crippen LogP contribution in [0.4, 0.5) is 0 Å². The van der Waals surface area contributed by atoms with Crippen LogP contribution in [0.1, 0.15) is 79.3 Å². The molecule has 1 heterocycles. The van der Waals surface area contributed by atoms with Crippen LogP contribution < -0.4 is 5.32 Å². The molecule has 1 aromatic rings. The number of carbonyl (C=O) groups excluding carboxylic acids is 2. The molecule has 1 amide bonds. The number of hydrogen-bond acceptors (Lipinski definition) is 4. The van der Waals surface area contributed by atoms with Crippen LogP contribution in [0.2, 0.25) is 0 Å². The summed E-state index contributed by atoms with van der Waals surface area (Å²) < 4.78 is 4.81. The molecule has 0 bridgehead atoms. The van der Waals surface area contributed by atoms with Crippen molar-refractivity contribution in [2.75, 3.05) is 20.7 Å². The smallest absolute Gasteiger partial charge is 0.305 e. The number of benzene rings is 1. The number of amides is 1.